The van der Waals surface area contributed by atoms with Gasteiger partial charge in [-0.25, -0.2) is 4.99 Å². The number of rotatable bonds is 4. The smallest absolute Gasteiger partial charge is 0.246 e. The topological polar surface area (TPSA) is 49.3 Å². The fourth-order valence-corrected chi connectivity index (χ4v) is 4.38. The highest BCUT2D eigenvalue weighted by Gasteiger charge is 2.52. The van der Waals surface area contributed by atoms with Crippen LogP contribution in [0.4, 0.5) is 0 Å². The molecular weight excluding hydrogens is 362 g/mol. The molecule has 4 rings (SSSR count). The van der Waals surface area contributed by atoms with E-state index >= 15 is 0 Å². The summed E-state index contributed by atoms with van der Waals surface area (Å²) < 4.78 is 24.0. The molecule has 1 heterocycles. The lowest BCUT2D eigenvalue weighted by Gasteiger charge is -2.32. The van der Waals surface area contributed by atoms with Crippen LogP contribution in [0.2, 0.25) is 0 Å². The van der Waals surface area contributed by atoms with E-state index in [4.69, 9.17) is 18.9 Å². The quantitative estimate of drug-likeness (QED) is 0.436. The molecule has 1 saturated carbocycles. The minimum Gasteiger partial charge on any atom is -0.497 e. The van der Waals surface area contributed by atoms with E-state index in [1.807, 2.05) is 36.6 Å². The molecule has 1 aliphatic heterocycles. The Morgan fingerprint density at radius 2 is 1.93 bits per heavy atom. The van der Waals surface area contributed by atoms with E-state index < -0.39 is 0 Å². The van der Waals surface area contributed by atoms with Crippen molar-refractivity contribution in [2.24, 2.45) is 4.99 Å². The molecule has 0 amide bonds. The second-order valence-electron chi connectivity index (χ2n) is 7.24. The molecule has 2 aliphatic carbocycles. The van der Waals surface area contributed by atoms with E-state index in [1.54, 1.807) is 7.11 Å². The Bertz CT molecular complexity index is 697. The predicted octanol–water partition coefficient (Wildman–Crippen LogP) is 4.31. The van der Waals surface area contributed by atoms with E-state index in [1.165, 1.54) is 31.0 Å². The zero-order chi connectivity index (χ0) is 18.7. The Morgan fingerprint density at radius 3 is 2.63 bits per heavy atom. The van der Waals surface area contributed by atoms with Gasteiger partial charge in [0.1, 0.15) is 24.1 Å². The van der Waals surface area contributed by atoms with Gasteiger partial charge in [0.05, 0.1) is 13.7 Å². The van der Waals surface area contributed by atoms with Crippen molar-refractivity contribution in [3.05, 3.63) is 42.0 Å². The minimum atomic E-state index is -0.389. The van der Waals surface area contributed by atoms with Crippen LogP contribution in [-0.4, -0.2) is 42.7 Å². The van der Waals surface area contributed by atoms with Gasteiger partial charge in [-0.3, -0.25) is 0 Å². The zero-order valence-electron chi connectivity index (χ0n) is 15.9. The van der Waals surface area contributed by atoms with Crippen LogP contribution in [-0.2, 0) is 20.8 Å². The van der Waals surface area contributed by atoms with Crippen molar-refractivity contribution in [2.45, 2.75) is 62.7 Å². The molecule has 0 radical (unpaired) electrons. The van der Waals surface area contributed by atoms with Crippen LogP contribution in [0, 0.1) is 0 Å². The zero-order valence-corrected chi connectivity index (χ0v) is 16.7. The number of thioether (sulfide) groups is 1. The third-order valence-electron chi connectivity index (χ3n) is 5.42. The lowest BCUT2D eigenvalue weighted by atomic mass is 9.94. The van der Waals surface area contributed by atoms with Gasteiger partial charge in [0.25, 0.3) is 0 Å². The first-order valence-electron chi connectivity index (χ1n) is 9.63. The van der Waals surface area contributed by atoms with Crippen LogP contribution >= 0.6 is 11.8 Å². The maximum atomic E-state index is 6.37. The van der Waals surface area contributed by atoms with E-state index in [0.717, 1.165) is 24.2 Å². The lowest BCUT2D eigenvalue weighted by Crippen LogP contribution is -2.36. The van der Waals surface area contributed by atoms with Gasteiger partial charge in [-0.1, -0.05) is 36.4 Å². The third-order valence-corrected chi connectivity index (χ3v) is 5.99. The number of hydrogen-bond acceptors (Lipinski definition) is 6. The Hall–Kier alpha value is -1.50. The lowest BCUT2D eigenvalue weighted by molar-refractivity contribution is -0.197. The molecule has 27 heavy (non-hydrogen) atoms. The maximum Gasteiger partial charge on any atom is 0.246 e. The summed E-state index contributed by atoms with van der Waals surface area (Å²) in [5, 5.41) is 0.675. The first kappa shape index (κ1) is 18.8. The average Bonchev–Trinajstić information content (AvgIpc) is 3.23. The molecule has 0 unspecified atom stereocenters. The molecule has 3 atom stereocenters. The third kappa shape index (κ3) is 4.18. The van der Waals surface area contributed by atoms with E-state index in [-0.39, 0.29) is 24.1 Å². The first-order valence-corrected chi connectivity index (χ1v) is 10.9. The summed E-state index contributed by atoms with van der Waals surface area (Å²) in [6.45, 7) is 0.575. The summed E-state index contributed by atoms with van der Waals surface area (Å²) in [5.74, 6) is 0.459. The monoisotopic (exact) mass is 389 g/mol. The number of methoxy groups -OCH3 is 1. The van der Waals surface area contributed by atoms with Gasteiger partial charge in [-0.2, -0.15) is 0 Å². The molecule has 3 aliphatic rings. The molecule has 0 bridgehead atoms. The second-order valence-corrected chi connectivity index (χ2v) is 8.00. The maximum absolute atomic E-state index is 6.37. The fraction of sp³-hybridized carbons (Fsp3) is 0.571. The van der Waals surface area contributed by atoms with E-state index in [0.29, 0.717) is 11.8 Å². The number of benzene rings is 1. The van der Waals surface area contributed by atoms with Crippen molar-refractivity contribution in [2.75, 3.05) is 13.4 Å². The number of nitrogens with zero attached hydrogens (tertiary/aromatic N) is 1. The van der Waals surface area contributed by atoms with Crippen molar-refractivity contribution in [3.8, 4) is 5.75 Å². The average molecular weight is 390 g/mol. The van der Waals surface area contributed by atoms with Crippen molar-refractivity contribution in [3.63, 3.8) is 0 Å². The highest BCUT2D eigenvalue weighted by Crippen LogP contribution is 2.44. The molecule has 2 fully saturated rings. The molecule has 1 spiro atoms. The molecule has 5 nitrogen and oxygen atoms in total. The van der Waals surface area contributed by atoms with E-state index in [2.05, 4.69) is 11.1 Å². The van der Waals surface area contributed by atoms with Crippen molar-refractivity contribution >= 4 is 17.0 Å². The van der Waals surface area contributed by atoms with Gasteiger partial charge < -0.3 is 18.9 Å². The second kappa shape index (κ2) is 8.25. The van der Waals surface area contributed by atoms with Gasteiger partial charge in [0.2, 0.25) is 5.23 Å². The number of hydrogen-bond donors (Lipinski definition) is 0. The molecule has 146 valence electrons. The van der Waals surface area contributed by atoms with E-state index in [9.17, 15) is 0 Å². The number of aliphatic imine (C=N–C) groups is 1. The van der Waals surface area contributed by atoms with Crippen LogP contribution in [0.5, 0.6) is 5.75 Å². The fourth-order valence-electron chi connectivity index (χ4n) is 3.97. The van der Waals surface area contributed by atoms with Crippen LogP contribution in [0.3, 0.4) is 0 Å². The summed E-state index contributed by atoms with van der Waals surface area (Å²) in [4.78, 5) is 4.64. The minimum absolute atomic E-state index is 0.00204. The number of fused-ring (bicyclic) bond motifs is 1. The largest absolute Gasteiger partial charge is 0.497 e. The molecule has 0 N–H and O–H groups in total. The van der Waals surface area contributed by atoms with Crippen LogP contribution in [0.25, 0.3) is 0 Å². The van der Waals surface area contributed by atoms with Gasteiger partial charge >= 0.3 is 0 Å². The summed E-state index contributed by atoms with van der Waals surface area (Å²) >= 11 is 1.52. The molecule has 1 saturated heterocycles. The highest BCUT2D eigenvalue weighted by atomic mass is 32.2. The van der Waals surface area contributed by atoms with Gasteiger partial charge in [-0.15, -0.1) is 0 Å². The Kier molecular flexibility index (Phi) is 5.76. The SMILES string of the molecule is COc1ccc(CN=C(O[C@@H]2C=C[C@@H]3OC4(CCCCC4)O[C@@H]32)SC)cc1. The van der Waals surface area contributed by atoms with Crippen molar-refractivity contribution in [1.82, 2.24) is 0 Å². The van der Waals surface area contributed by atoms with Crippen LogP contribution in [0.1, 0.15) is 37.7 Å². The predicted molar refractivity (Wildman–Crippen MR) is 107 cm³/mol. The van der Waals surface area contributed by atoms with Crippen molar-refractivity contribution in [1.29, 1.82) is 0 Å². The summed E-state index contributed by atoms with van der Waals surface area (Å²) in [7, 11) is 1.67. The molecule has 1 aromatic rings. The molecule has 1 aromatic carbocycles. The van der Waals surface area contributed by atoms with Gasteiger partial charge in [-0.05, 0) is 42.9 Å². The summed E-state index contributed by atoms with van der Waals surface area (Å²) in [5.41, 5.74) is 1.12. The summed E-state index contributed by atoms with van der Waals surface area (Å²) in [6.07, 6.45) is 11.5. The summed E-state index contributed by atoms with van der Waals surface area (Å²) in [6, 6.07) is 7.93. The Morgan fingerprint density at radius 1 is 1.15 bits per heavy atom. The molecular formula is C21H27NO4S. The normalized spacial score (nSPS) is 29.1. The van der Waals surface area contributed by atoms with Gasteiger partial charge in [0, 0.05) is 12.8 Å². The van der Waals surface area contributed by atoms with Gasteiger partial charge in [0.15, 0.2) is 5.79 Å². The standard InChI is InChI=1S/C21H27NO4S/c1-23-16-8-6-15(7-9-16)14-22-20(27-2)24-17-10-11-18-19(17)26-21(25-18)12-4-3-5-13-21/h6-11,17-19H,3-5,12-14H2,1-2H3/t17-,18+,19-/m1/s1. The van der Waals surface area contributed by atoms with Crippen LogP contribution < -0.4 is 4.74 Å². The Labute approximate surface area is 165 Å². The number of ether oxygens (including phenoxy) is 4. The van der Waals surface area contributed by atoms with Crippen LogP contribution in [0.15, 0.2) is 41.4 Å². The Balaban J connectivity index is 1.37. The highest BCUT2D eigenvalue weighted by molar-refractivity contribution is 8.12. The first-order chi connectivity index (χ1) is 13.2. The van der Waals surface area contributed by atoms with Crippen molar-refractivity contribution < 1.29 is 18.9 Å². The molecule has 6 heteroatoms. The molecule has 0 aromatic heterocycles.